The van der Waals surface area contributed by atoms with E-state index in [1.54, 1.807) is 16.3 Å². The molecule has 3 heterocycles. The van der Waals surface area contributed by atoms with Crippen molar-refractivity contribution >= 4 is 33.2 Å². The first-order chi connectivity index (χ1) is 14.9. The van der Waals surface area contributed by atoms with Crippen LogP contribution in [0.2, 0.25) is 0 Å². The van der Waals surface area contributed by atoms with Crippen molar-refractivity contribution in [3.63, 3.8) is 0 Å². The highest BCUT2D eigenvalue weighted by Gasteiger charge is 2.33. The summed E-state index contributed by atoms with van der Waals surface area (Å²) in [6.07, 6.45) is 3.53. The third kappa shape index (κ3) is 5.66. The lowest BCUT2D eigenvalue weighted by atomic mass is 10.2. The maximum absolute atomic E-state index is 13.3. The van der Waals surface area contributed by atoms with Gasteiger partial charge < -0.3 is 9.80 Å². The van der Waals surface area contributed by atoms with Gasteiger partial charge in [-0.25, -0.2) is 8.42 Å². The van der Waals surface area contributed by atoms with Crippen LogP contribution < -0.4 is 0 Å². The highest BCUT2D eigenvalue weighted by molar-refractivity contribution is 7.89. The van der Waals surface area contributed by atoms with E-state index in [1.165, 1.54) is 15.6 Å². The summed E-state index contributed by atoms with van der Waals surface area (Å²) in [5.74, 6) is -0.111. The Morgan fingerprint density at radius 1 is 0.968 bits per heavy atom. The van der Waals surface area contributed by atoms with Crippen LogP contribution in [0, 0.1) is 0 Å². The van der Waals surface area contributed by atoms with Crippen LogP contribution in [0.5, 0.6) is 0 Å². The fraction of sp³-hybridized carbons (Fsp3) is 0.714. The van der Waals surface area contributed by atoms with Gasteiger partial charge in [0.05, 0.1) is 6.54 Å². The number of hydrogen-bond donors (Lipinski definition) is 0. The standard InChI is InChI=1S/C21H34N4O4S2/c1-3-23(4-2)19(26)17-22-10-8-11-24(15-14-22)21(27)20-18(9-16-30-20)31(28,29)25-12-6-5-7-13-25/h9,16H,3-8,10-15,17H2,1-2H3. The minimum absolute atomic E-state index is 0.109. The first-order valence-corrected chi connectivity index (χ1v) is 13.6. The number of hydrogen-bond acceptors (Lipinski definition) is 6. The minimum Gasteiger partial charge on any atom is -0.342 e. The molecule has 1 aromatic rings. The number of piperidine rings is 1. The van der Waals surface area contributed by atoms with Gasteiger partial charge in [-0.2, -0.15) is 4.31 Å². The van der Waals surface area contributed by atoms with Gasteiger partial charge in [0.2, 0.25) is 15.9 Å². The molecular formula is C21H34N4O4S2. The van der Waals surface area contributed by atoms with Gasteiger partial charge in [-0.05, 0) is 44.6 Å². The van der Waals surface area contributed by atoms with E-state index in [4.69, 9.17) is 0 Å². The Labute approximate surface area is 189 Å². The van der Waals surface area contributed by atoms with Crippen LogP contribution >= 0.6 is 11.3 Å². The summed E-state index contributed by atoms with van der Waals surface area (Å²) in [6.45, 7) is 9.15. The fourth-order valence-corrected chi connectivity index (χ4v) is 7.12. The van der Waals surface area contributed by atoms with E-state index in [2.05, 4.69) is 4.90 Å². The first-order valence-electron chi connectivity index (χ1n) is 11.3. The molecule has 2 saturated heterocycles. The molecule has 0 aromatic carbocycles. The van der Waals surface area contributed by atoms with Gasteiger partial charge >= 0.3 is 0 Å². The van der Waals surface area contributed by atoms with Crippen LogP contribution in [0.15, 0.2) is 16.3 Å². The Bertz CT molecular complexity index is 860. The summed E-state index contributed by atoms with van der Waals surface area (Å²) in [6, 6.07) is 1.56. The zero-order chi connectivity index (χ0) is 22.4. The van der Waals surface area contributed by atoms with Crippen LogP contribution in [0.1, 0.15) is 49.2 Å². The summed E-state index contributed by atoms with van der Waals surface area (Å²) in [7, 11) is -3.65. The lowest BCUT2D eigenvalue weighted by Gasteiger charge is -2.27. The number of sulfonamides is 1. The van der Waals surface area contributed by atoms with Crippen LogP contribution in [0.25, 0.3) is 0 Å². The lowest BCUT2D eigenvalue weighted by Crippen LogP contribution is -2.42. The number of carbonyl (C=O) groups excluding carboxylic acids is 2. The number of rotatable bonds is 7. The second kappa shape index (κ2) is 10.9. The second-order valence-electron chi connectivity index (χ2n) is 8.07. The predicted molar refractivity (Wildman–Crippen MR) is 122 cm³/mol. The average Bonchev–Trinajstić information content (AvgIpc) is 3.17. The van der Waals surface area contributed by atoms with Crippen molar-refractivity contribution in [2.24, 2.45) is 0 Å². The van der Waals surface area contributed by atoms with Gasteiger partial charge in [0.15, 0.2) is 0 Å². The van der Waals surface area contributed by atoms with E-state index in [1.807, 2.05) is 18.7 Å². The summed E-state index contributed by atoms with van der Waals surface area (Å²) in [4.78, 5) is 31.8. The van der Waals surface area contributed by atoms with Crippen molar-refractivity contribution in [3.05, 3.63) is 16.3 Å². The van der Waals surface area contributed by atoms with E-state index < -0.39 is 10.0 Å². The van der Waals surface area contributed by atoms with Gasteiger partial charge in [-0.15, -0.1) is 11.3 Å². The summed E-state index contributed by atoms with van der Waals surface area (Å²) in [5.41, 5.74) is 0. The molecule has 2 aliphatic heterocycles. The molecule has 8 nitrogen and oxygen atoms in total. The molecule has 10 heteroatoms. The Morgan fingerprint density at radius 2 is 1.68 bits per heavy atom. The molecule has 0 atom stereocenters. The van der Waals surface area contributed by atoms with Gasteiger partial charge in [0.25, 0.3) is 5.91 Å². The summed E-state index contributed by atoms with van der Waals surface area (Å²) >= 11 is 1.20. The number of likely N-dealkylation sites (N-methyl/N-ethyl adjacent to an activating group) is 1. The zero-order valence-electron chi connectivity index (χ0n) is 18.6. The van der Waals surface area contributed by atoms with Gasteiger partial charge in [0, 0.05) is 52.4 Å². The molecule has 0 N–H and O–H groups in total. The molecule has 1 aromatic heterocycles. The Hall–Kier alpha value is -1.49. The Kier molecular flexibility index (Phi) is 8.49. The van der Waals surface area contributed by atoms with E-state index >= 15 is 0 Å². The third-order valence-corrected chi connectivity index (χ3v) is 9.08. The van der Waals surface area contributed by atoms with E-state index in [-0.39, 0.29) is 16.7 Å². The maximum atomic E-state index is 13.3. The smallest absolute Gasteiger partial charge is 0.265 e. The van der Waals surface area contributed by atoms with Gasteiger partial charge in [-0.1, -0.05) is 6.42 Å². The molecule has 174 valence electrons. The molecule has 0 spiro atoms. The topological polar surface area (TPSA) is 81.2 Å². The number of nitrogens with zero attached hydrogens (tertiary/aromatic N) is 4. The molecular weight excluding hydrogens is 436 g/mol. The average molecular weight is 471 g/mol. The molecule has 0 unspecified atom stereocenters. The zero-order valence-corrected chi connectivity index (χ0v) is 20.2. The molecule has 0 radical (unpaired) electrons. The van der Waals surface area contributed by atoms with Crippen LogP contribution in [0.3, 0.4) is 0 Å². The van der Waals surface area contributed by atoms with Crippen molar-refractivity contribution in [3.8, 4) is 0 Å². The molecule has 2 fully saturated rings. The van der Waals surface area contributed by atoms with Crippen molar-refractivity contribution in [1.29, 1.82) is 0 Å². The van der Waals surface area contributed by atoms with E-state index in [0.29, 0.717) is 57.2 Å². The van der Waals surface area contributed by atoms with E-state index in [0.717, 1.165) is 32.2 Å². The first kappa shape index (κ1) is 24.2. The monoisotopic (exact) mass is 470 g/mol. The van der Waals surface area contributed by atoms with Crippen molar-refractivity contribution in [2.75, 3.05) is 58.9 Å². The highest BCUT2D eigenvalue weighted by atomic mass is 32.2. The third-order valence-electron chi connectivity index (χ3n) is 6.11. The number of thiophene rings is 1. The molecule has 0 bridgehead atoms. The van der Waals surface area contributed by atoms with Crippen molar-refractivity contribution in [2.45, 2.75) is 44.4 Å². The van der Waals surface area contributed by atoms with Crippen LogP contribution in [-0.4, -0.2) is 98.1 Å². The number of amides is 2. The molecule has 0 aliphatic carbocycles. The quantitative estimate of drug-likeness (QED) is 0.608. The molecule has 2 amide bonds. The van der Waals surface area contributed by atoms with Crippen molar-refractivity contribution in [1.82, 2.24) is 19.0 Å². The SMILES string of the molecule is CCN(CC)C(=O)CN1CCCN(C(=O)c2sccc2S(=O)(=O)N2CCCCC2)CC1. The Morgan fingerprint density at radius 3 is 2.35 bits per heavy atom. The minimum atomic E-state index is -3.65. The molecule has 31 heavy (non-hydrogen) atoms. The summed E-state index contributed by atoms with van der Waals surface area (Å²) < 4.78 is 27.8. The molecule has 3 rings (SSSR count). The number of carbonyl (C=O) groups is 2. The maximum Gasteiger partial charge on any atom is 0.265 e. The largest absolute Gasteiger partial charge is 0.342 e. The normalized spacial score (nSPS) is 19.2. The highest BCUT2D eigenvalue weighted by Crippen LogP contribution is 2.28. The van der Waals surface area contributed by atoms with E-state index in [9.17, 15) is 18.0 Å². The van der Waals surface area contributed by atoms with Gasteiger partial charge in [-0.3, -0.25) is 14.5 Å². The van der Waals surface area contributed by atoms with Crippen LogP contribution in [-0.2, 0) is 14.8 Å². The lowest BCUT2D eigenvalue weighted by molar-refractivity contribution is -0.132. The summed E-state index contributed by atoms with van der Waals surface area (Å²) in [5, 5.41) is 1.69. The van der Waals surface area contributed by atoms with Gasteiger partial charge in [0.1, 0.15) is 9.77 Å². The molecule has 2 aliphatic rings. The fourth-order valence-electron chi connectivity index (χ4n) is 4.24. The second-order valence-corrected chi connectivity index (χ2v) is 10.9. The Balaban J connectivity index is 1.66. The molecule has 0 saturated carbocycles. The van der Waals surface area contributed by atoms with Crippen LogP contribution in [0.4, 0.5) is 0 Å². The predicted octanol–water partition coefficient (Wildman–Crippen LogP) is 1.94. The van der Waals surface area contributed by atoms with Crippen molar-refractivity contribution < 1.29 is 18.0 Å².